The number of aryl methyl sites for hydroxylation is 1. The minimum absolute atomic E-state index is 0.657. The van der Waals surface area contributed by atoms with Crippen molar-refractivity contribution in [3.8, 4) is 0 Å². The lowest BCUT2D eigenvalue weighted by Gasteiger charge is -2.10. The number of nitrogens with zero attached hydrogens (tertiary/aromatic N) is 1. The van der Waals surface area contributed by atoms with Crippen LogP contribution < -0.4 is 0 Å². The van der Waals surface area contributed by atoms with Crippen molar-refractivity contribution in [2.45, 2.75) is 52.4 Å². The smallest absolute Gasteiger partial charge is 0.0655 e. The van der Waals surface area contributed by atoms with Crippen molar-refractivity contribution < 1.29 is 0 Å². The van der Waals surface area contributed by atoms with Gasteiger partial charge in [-0.3, -0.25) is 5.10 Å². The summed E-state index contributed by atoms with van der Waals surface area (Å²) in [4.78, 5) is 0. The molecule has 2 heteroatoms. The van der Waals surface area contributed by atoms with Gasteiger partial charge in [0.25, 0.3) is 0 Å². The largest absolute Gasteiger partial charge is 0.283 e. The Bertz CT molecular complexity index is 240. The predicted molar refractivity (Wildman–Crippen MR) is 55.9 cm³/mol. The van der Waals surface area contributed by atoms with Crippen molar-refractivity contribution in [3.05, 3.63) is 17.5 Å². The number of nitrogens with one attached hydrogen (secondary N) is 1. The van der Waals surface area contributed by atoms with E-state index in [2.05, 4.69) is 37.0 Å². The highest BCUT2D eigenvalue weighted by atomic mass is 15.1. The summed E-state index contributed by atoms with van der Waals surface area (Å²) in [7, 11) is 0. The Morgan fingerprint density at radius 3 is 2.69 bits per heavy atom. The van der Waals surface area contributed by atoms with Gasteiger partial charge in [-0.1, -0.05) is 26.7 Å². The number of hydrogen-bond acceptors (Lipinski definition) is 1. The van der Waals surface area contributed by atoms with Crippen molar-refractivity contribution in [2.24, 2.45) is 0 Å². The van der Waals surface area contributed by atoms with Crippen molar-refractivity contribution in [3.63, 3.8) is 0 Å². The normalized spacial score (nSPS) is 13.2. The molecule has 0 aliphatic rings. The molecule has 0 amide bonds. The Kier molecular flexibility index (Phi) is 4.00. The number of H-pyrrole nitrogens is 1. The topological polar surface area (TPSA) is 28.7 Å². The number of aromatic nitrogens is 2. The molecule has 13 heavy (non-hydrogen) atoms. The zero-order valence-electron chi connectivity index (χ0n) is 8.93. The van der Waals surface area contributed by atoms with E-state index in [9.17, 15) is 0 Å². The molecule has 0 saturated carbocycles. The fraction of sp³-hybridized carbons (Fsp3) is 0.727. The molecule has 2 nitrogen and oxygen atoms in total. The van der Waals surface area contributed by atoms with E-state index < -0.39 is 0 Å². The second-order valence-corrected chi connectivity index (χ2v) is 3.72. The van der Waals surface area contributed by atoms with E-state index in [1.807, 2.05) is 0 Å². The van der Waals surface area contributed by atoms with Crippen molar-refractivity contribution >= 4 is 0 Å². The molecule has 0 radical (unpaired) electrons. The van der Waals surface area contributed by atoms with Gasteiger partial charge in [0.15, 0.2) is 0 Å². The van der Waals surface area contributed by atoms with Crippen LogP contribution in [0, 0.1) is 6.92 Å². The second kappa shape index (κ2) is 5.05. The summed E-state index contributed by atoms with van der Waals surface area (Å²) in [5.41, 5.74) is 2.42. The van der Waals surface area contributed by atoms with E-state index in [0.717, 1.165) is 0 Å². The van der Waals surface area contributed by atoms with Crippen LogP contribution >= 0.6 is 0 Å². The van der Waals surface area contributed by atoms with Crippen LogP contribution in [-0.4, -0.2) is 10.2 Å². The van der Waals surface area contributed by atoms with E-state index in [-0.39, 0.29) is 0 Å². The Labute approximate surface area is 80.7 Å². The van der Waals surface area contributed by atoms with Crippen LogP contribution in [0.25, 0.3) is 0 Å². The maximum atomic E-state index is 4.31. The van der Waals surface area contributed by atoms with Crippen molar-refractivity contribution in [1.82, 2.24) is 10.2 Å². The van der Waals surface area contributed by atoms with Crippen LogP contribution in [0.5, 0.6) is 0 Å². The van der Waals surface area contributed by atoms with Crippen LogP contribution in [0.15, 0.2) is 6.07 Å². The van der Waals surface area contributed by atoms with E-state index in [1.165, 1.54) is 37.1 Å². The lowest BCUT2D eigenvalue weighted by atomic mass is 9.96. The monoisotopic (exact) mass is 180 g/mol. The SMILES string of the molecule is CCCCC(CC)c1cc(C)[nH]n1. The van der Waals surface area contributed by atoms with Gasteiger partial charge in [-0.05, 0) is 25.8 Å². The quantitative estimate of drug-likeness (QED) is 0.739. The standard InChI is InChI=1S/C11H20N2/c1-4-6-7-10(5-2)11-8-9(3)12-13-11/h8,10H,4-7H2,1-3H3,(H,12,13). The molecule has 0 saturated heterocycles. The fourth-order valence-corrected chi connectivity index (χ4v) is 1.66. The molecular weight excluding hydrogens is 160 g/mol. The van der Waals surface area contributed by atoms with Gasteiger partial charge in [0, 0.05) is 11.6 Å². The third-order valence-electron chi connectivity index (χ3n) is 2.54. The first kappa shape index (κ1) is 10.3. The van der Waals surface area contributed by atoms with Crippen LogP contribution in [0.4, 0.5) is 0 Å². The lowest BCUT2D eigenvalue weighted by Crippen LogP contribution is -1.97. The first-order chi connectivity index (χ1) is 6.27. The Morgan fingerprint density at radius 1 is 1.46 bits per heavy atom. The minimum atomic E-state index is 0.657. The van der Waals surface area contributed by atoms with Gasteiger partial charge in [-0.15, -0.1) is 0 Å². The molecule has 0 fully saturated rings. The van der Waals surface area contributed by atoms with Crippen LogP contribution in [0.1, 0.15) is 56.8 Å². The molecule has 0 aromatic carbocycles. The molecule has 0 spiro atoms. The molecule has 1 aromatic rings. The fourth-order valence-electron chi connectivity index (χ4n) is 1.66. The third-order valence-corrected chi connectivity index (χ3v) is 2.54. The Hall–Kier alpha value is -0.790. The van der Waals surface area contributed by atoms with Crippen LogP contribution in [0.3, 0.4) is 0 Å². The van der Waals surface area contributed by atoms with Gasteiger partial charge < -0.3 is 0 Å². The summed E-state index contributed by atoms with van der Waals surface area (Å²) in [6.07, 6.45) is 5.06. The molecule has 1 aromatic heterocycles. The summed E-state index contributed by atoms with van der Waals surface area (Å²) in [6.45, 7) is 6.54. The summed E-state index contributed by atoms with van der Waals surface area (Å²) < 4.78 is 0. The Morgan fingerprint density at radius 2 is 2.23 bits per heavy atom. The molecule has 1 atom stereocenters. The predicted octanol–water partition coefficient (Wildman–Crippen LogP) is 3.40. The average molecular weight is 180 g/mol. The van der Waals surface area contributed by atoms with Crippen molar-refractivity contribution in [1.29, 1.82) is 0 Å². The summed E-state index contributed by atoms with van der Waals surface area (Å²) >= 11 is 0. The zero-order valence-corrected chi connectivity index (χ0v) is 8.93. The molecule has 0 aliphatic heterocycles. The number of rotatable bonds is 5. The molecule has 0 bridgehead atoms. The van der Waals surface area contributed by atoms with E-state index in [0.29, 0.717) is 5.92 Å². The third kappa shape index (κ3) is 2.87. The average Bonchev–Trinajstić information content (AvgIpc) is 2.54. The van der Waals surface area contributed by atoms with Gasteiger partial charge in [0.05, 0.1) is 5.69 Å². The van der Waals surface area contributed by atoms with Crippen LogP contribution in [-0.2, 0) is 0 Å². The van der Waals surface area contributed by atoms with Gasteiger partial charge in [-0.2, -0.15) is 5.10 Å². The van der Waals surface area contributed by atoms with E-state index >= 15 is 0 Å². The first-order valence-corrected chi connectivity index (χ1v) is 5.29. The zero-order chi connectivity index (χ0) is 9.68. The van der Waals surface area contributed by atoms with Gasteiger partial charge >= 0.3 is 0 Å². The first-order valence-electron chi connectivity index (χ1n) is 5.29. The molecular formula is C11H20N2. The number of unbranched alkanes of at least 4 members (excludes halogenated alkanes) is 1. The highest BCUT2D eigenvalue weighted by Gasteiger charge is 2.11. The molecule has 1 heterocycles. The molecule has 1 unspecified atom stereocenters. The number of hydrogen-bond donors (Lipinski definition) is 1. The molecule has 1 rings (SSSR count). The molecule has 74 valence electrons. The van der Waals surface area contributed by atoms with Crippen molar-refractivity contribution in [2.75, 3.05) is 0 Å². The van der Waals surface area contributed by atoms with Crippen LogP contribution in [0.2, 0.25) is 0 Å². The summed E-state index contributed by atoms with van der Waals surface area (Å²) in [5.74, 6) is 0.657. The van der Waals surface area contributed by atoms with Gasteiger partial charge in [0.1, 0.15) is 0 Å². The lowest BCUT2D eigenvalue weighted by molar-refractivity contribution is 0.556. The Balaban J connectivity index is 2.56. The molecule has 0 aliphatic carbocycles. The highest BCUT2D eigenvalue weighted by molar-refractivity contribution is 5.11. The highest BCUT2D eigenvalue weighted by Crippen LogP contribution is 2.23. The summed E-state index contributed by atoms with van der Waals surface area (Å²) in [6, 6.07) is 2.17. The van der Waals surface area contributed by atoms with Gasteiger partial charge in [0.2, 0.25) is 0 Å². The van der Waals surface area contributed by atoms with E-state index in [4.69, 9.17) is 0 Å². The minimum Gasteiger partial charge on any atom is -0.283 e. The van der Waals surface area contributed by atoms with E-state index in [1.54, 1.807) is 0 Å². The number of aromatic amines is 1. The maximum Gasteiger partial charge on any atom is 0.0655 e. The van der Waals surface area contributed by atoms with Gasteiger partial charge in [-0.25, -0.2) is 0 Å². The second-order valence-electron chi connectivity index (χ2n) is 3.72. The maximum absolute atomic E-state index is 4.31. The molecule has 1 N–H and O–H groups in total. The summed E-state index contributed by atoms with van der Waals surface area (Å²) in [5, 5.41) is 7.32.